The molecule has 20 heavy (non-hydrogen) atoms. The van der Waals surface area contributed by atoms with Crippen molar-refractivity contribution in [2.45, 2.75) is 19.8 Å². The molecule has 0 atom stereocenters. The summed E-state index contributed by atoms with van der Waals surface area (Å²) in [5.74, 6) is 0.622. The van der Waals surface area contributed by atoms with Gasteiger partial charge in [0.25, 0.3) is 5.56 Å². The first-order valence-electron chi connectivity index (χ1n) is 6.86. The Morgan fingerprint density at radius 2 is 1.80 bits per heavy atom. The highest BCUT2D eigenvalue weighted by Gasteiger charge is 2.05. The number of nitrogens with zero attached hydrogens (tertiary/aromatic N) is 1. The zero-order valence-corrected chi connectivity index (χ0v) is 11.4. The Balaban J connectivity index is 2.07. The maximum absolute atomic E-state index is 12.0. The molecule has 0 radical (unpaired) electrons. The number of H-pyrrole nitrogens is 1. The van der Waals surface area contributed by atoms with Gasteiger partial charge in [-0.25, -0.2) is 4.98 Å². The lowest BCUT2D eigenvalue weighted by Gasteiger charge is -2.04. The number of hydrogen-bond donors (Lipinski definition) is 1. The Bertz CT molecular complexity index is 788. The van der Waals surface area contributed by atoms with Crippen molar-refractivity contribution in [3.8, 4) is 11.4 Å². The van der Waals surface area contributed by atoms with Crippen molar-refractivity contribution in [3.05, 3.63) is 64.4 Å². The summed E-state index contributed by atoms with van der Waals surface area (Å²) in [4.78, 5) is 19.4. The van der Waals surface area contributed by atoms with Crippen LogP contribution >= 0.6 is 0 Å². The summed E-state index contributed by atoms with van der Waals surface area (Å²) >= 11 is 0. The highest BCUT2D eigenvalue weighted by atomic mass is 16.1. The summed E-state index contributed by atoms with van der Waals surface area (Å²) in [6, 6.07) is 15.6. The summed E-state index contributed by atoms with van der Waals surface area (Å²) in [6.45, 7) is 2.16. The maximum atomic E-state index is 12.0. The largest absolute Gasteiger partial charge is 0.306 e. The molecule has 3 nitrogen and oxygen atoms in total. The van der Waals surface area contributed by atoms with Crippen molar-refractivity contribution in [3.63, 3.8) is 0 Å². The normalized spacial score (nSPS) is 10.8. The Labute approximate surface area is 117 Å². The Morgan fingerprint density at radius 1 is 1.05 bits per heavy atom. The fraction of sp³-hybridized carbons (Fsp3) is 0.176. The van der Waals surface area contributed by atoms with Gasteiger partial charge in [0.1, 0.15) is 5.82 Å². The predicted molar refractivity (Wildman–Crippen MR) is 81.8 cm³/mol. The Kier molecular flexibility index (Phi) is 3.33. The molecule has 3 rings (SSSR count). The molecule has 0 fully saturated rings. The molecular formula is C17H16N2O. The molecule has 0 bridgehead atoms. The number of aromatic nitrogens is 2. The predicted octanol–water partition coefficient (Wildman–Crippen LogP) is 3.54. The summed E-state index contributed by atoms with van der Waals surface area (Å²) in [5, 5.41) is 0.624. The van der Waals surface area contributed by atoms with Crippen molar-refractivity contribution < 1.29 is 0 Å². The van der Waals surface area contributed by atoms with Gasteiger partial charge in [0.2, 0.25) is 0 Å². The molecule has 0 amide bonds. The van der Waals surface area contributed by atoms with E-state index in [1.807, 2.05) is 30.3 Å². The summed E-state index contributed by atoms with van der Waals surface area (Å²) < 4.78 is 0. The van der Waals surface area contributed by atoms with Crippen LogP contribution in [0, 0.1) is 0 Å². The molecule has 0 saturated carbocycles. The van der Waals surface area contributed by atoms with Gasteiger partial charge in [-0.2, -0.15) is 0 Å². The lowest BCUT2D eigenvalue weighted by atomic mass is 10.1. The van der Waals surface area contributed by atoms with E-state index >= 15 is 0 Å². The number of hydrogen-bond acceptors (Lipinski definition) is 2. The van der Waals surface area contributed by atoms with Crippen LogP contribution in [0.15, 0.2) is 53.3 Å². The first kappa shape index (κ1) is 12.6. The van der Waals surface area contributed by atoms with Gasteiger partial charge in [0.15, 0.2) is 0 Å². The second-order valence-corrected chi connectivity index (χ2v) is 4.88. The number of rotatable bonds is 3. The Hall–Kier alpha value is -2.42. The van der Waals surface area contributed by atoms with Gasteiger partial charge >= 0.3 is 0 Å². The topological polar surface area (TPSA) is 45.8 Å². The van der Waals surface area contributed by atoms with Gasteiger partial charge in [-0.3, -0.25) is 4.79 Å². The molecule has 0 aliphatic rings. The number of fused-ring (bicyclic) bond motifs is 1. The molecular weight excluding hydrogens is 248 g/mol. The van der Waals surface area contributed by atoms with Gasteiger partial charge in [-0.15, -0.1) is 0 Å². The zero-order valence-electron chi connectivity index (χ0n) is 11.4. The van der Waals surface area contributed by atoms with Crippen LogP contribution in [0.5, 0.6) is 0 Å². The minimum Gasteiger partial charge on any atom is -0.306 e. The molecule has 1 N–H and O–H groups in total. The number of benzene rings is 2. The van der Waals surface area contributed by atoms with Crippen molar-refractivity contribution in [1.82, 2.24) is 9.97 Å². The number of aromatic amines is 1. The van der Waals surface area contributed by atoms with E-state index in [0.717, 1.165) is 23.9 Å². The molecule has 1 aromatic heterocycles. The molecule has 0 aliphatic heterocycles. The first-order valence-corrected chi connectivity index (χ1v) is 6.86. The first-order chi connectivity index (χ1) is 9.78. The highest BCUT2D eigenvalue weighted by Crippen LogP contribution is 2.17. The second-order valence-electron chi connectivity index (χ2n) is 4.88. The van der Waals surface area contributed by atoms with Crippen molar-refractivity contribution in [2.75, 3.05) is 0 Å². The minimum absolute atomic E-state index is 0.0942. The Morgan fingerprint density at radius 3 is 2.55 bits per heavy atom. The molecule has 3 aromatic rings. The lowest BCUT2D eigenvalue weighted by molar-refractivity contribution is 0.922. The van der Waals surface area contributed by atoms with E-state index in [9.17, 15) is 4.79 Å². The molecule has 3 heteroatoms. The van der Waals surface area contributed by atoms with E-state index in [2.05, 4.69) is 29.0 Å². The number of nitrogens with one attached hydrogen (secondary N) is 1. The SMILES string of the molecule is CCCc1ccc(-c2nc3ccccc3c(=O)[nH]2)cc1. The maximum Gasteiger partial charge on any atom is 0.259 e. The quantitative estimate of drug-likeness (QED) is 0.786. The van der Waals surface area contributed by atoms with Crippen LogP contribution in [0.2, 0.25) is 0 Å². The highest BCUT2D eigenvalue weighted by molar-refractivity contribution is 5.79. The minimum atomic E-state index is -0.0942. The summed E-state index contributed by atoms with van der Waals surface area (Å²) in [5.41, 5.74) is 2.87. The average molecular weight is 264 g/mol. The van der Waals surface area contributed by atoms with Gasteiger partial charge < -0.3 is 4.98 Å². The zero-order chi connectivity index (χ0) is 13.9. The molecule has 0 aliphatic carbocycles. The van der Waals surface area contributed by atoms with Gasteiger partial charge in [0.05, 0.1) is 10.9 Å². The fourth-order valence-electron chi connectivity index (χ4n) is 2.34. The van der Waals surface area contributed by atoms with Crippen LogP contribution in [0.4, 0.5) is 0 Å². The van der Waals surface area contributed by atoms with Crippen molar-refractivity contribution >= 4 is 10.9 Å². The van der Waals surface area contributed by atoms with E-state index in [1.54, 1.807) is 6.07 Å². The average Bonchev–Trinajstić information content (AvgIpc) is 2.48. The number of aryl methyl sites for hydroxylation is 1. The van der Waals surface area contributed by atoms with Crippen molar-refractivity contribution in [2.24, 2.45) is 0 Å². The van der Waals surface area contributed by atoms with E-state index in [-0.39, 0.29) is 5.56 Å². The standard InChI is InChI=1S/C17H16N2O/c1-2-5-12-8-10-13(11-9-12)16-18-15-7-4-3-6-14(15)17(20)19-16/h3-4,6-11H,2,5H2,1H3,(H,18,19,20). The monoisotopic (exact) mass is 264 g/mol. The van der Waals surface area contributed by atoms with E-state index in [1.165, 1.54) is 5.56 Å². The molecule has 2 aromatic carbocycles. The van der Waals surface area contributed by atoms with Crippen LogP contribution < -0.4 is 5.56 Å². The van der Waals surface area contributed by atoms with Crippen LogP contribution in [0.1, 0.15) is 18.9 Å². The smallest absolute Gasteiger partial charge is 0.259 e. The second kappa shape index (κ2) is 5.29. The van der Waals surface area contributed by atoms with Gasteiger partial charge in [-0.1, -0.05) is 49.7 Å². The summed E-state index contributed by atoms with van der Waals surface area (Å²) in [7, 11) is 0. The van der Waals surface area contributed by atoms with Crippen LogP contribution in [-0.4, -0.2) is 9.97 Å². The molecule has 1 heterocycles. The third-order valence-corrected chi connectivity index (χ3v) is 3.38. The molecule has 0 unspecified atom stereocenters. The molecule has 100 valence electrons. The third-order valence-electron chi connectivity index (χ3n) is 3.38. The van der Waals surface area contributed by atoms with E-state index in [4.69, 9.17) is 0 Å². The van der Waals surface area contributed by atoms with E-state index < -0.39 is 0 Å². The van der Waals surface area contributed by atoms with Crippen LogP contribution in [0.25, 0.3) is 22.3 Å². The molecule has 0 spiro atoms. The van der Waals surface area contributed by atoms with E-state index in [0.29, 0.717) is 11.2 Å². The van der Waals surface area contributed by atoms with Gasteiger partial charge in [0, 0.05) is 5.56 Å². The fourth-order valence-corrected chi connectivity index (χ4v) is 2.34. The number of para-hydroxylation sites is 1. The van der Waals surface area contributed by atoms with Crippen LogP contribution in [-0.2, 0) is 6.42 Å². The molecule has 0 saturated heterocycles. The van der Waals surface area contributed by atoms with Crippen molar-refractivity contribution in [1.29, 1.82) is 0 Å². The summed E-state index contributed by atoms with van der Waals surface area (Å²) in [6.07, 6.45) is 2.20. The van der Waals surface area contributed by atoms with Crippen LogP contribution in [0.3, 0.4) is 0 Å². The lowest BCUT2D eigenvalue weighted by Crippen LogP contribution is -2.09. The third kappa shape index (κ3) is 2.35. The van der Waals surface area contributed by atoms with Gasteiger partial charge in [-0.05, 0) is 24.1 Å².